The third kappa shape index (κ3) is 5.10. The van der Waals surface area contributed by atoms with Gasteiger partial charge in [-0.15, -0.1) is 10.2 Å². The van der Waals surface area contributed by atoms with Crippen molar-refractivity contribution < 1.29 is 14.3 Å². The number of aromatic nitrogens is 4. The number of nitrogens with one attached hydrogen (secondary N) is 1. The van der Waals surface area contributed by atoms with Gasteiger partial charge >= 0.3 is 0 Å². The minimum Gasteiger partial charge on any atom is -0.493 e. The quantitative estimate of drug-likeness (QED) is 0.631. The van der Waals surface area contributed by atoms with Gasteiger partial charge in [0.15, 0.2) is 11.5 Å². The van der Waals surface area contributed by atoms with E-state index in [1.165, 1.54) is 10.4 Å². The van der Waals surface area contributed by atoms with E-state index < -0.39 is 0 Å². The van der Waals surface area contributed by atoms with Crippen molar-refractivity contribution in [1.29, 1.82) is 0 Å². The van der Waals surface area contributed by atoms with Gasteiger partial charge in [-0.1, -0.05) is 44.2 Å². The Bertz CT molecular complexity index is 967. The molecule has 1 aromatic heterocycles. The Kier molecular flexibility index (Phi) is 6.43. The largest absolute Gasteiger partial charge is 0.493 e. The van der Waals surface area contributed by atoms with Crippen LogP contribution in [0.5, 0.6) is 11.5 Å². The molecule has 3 aromatic rings. The van der Waals surface area contributed by atoms with Crippen molar-refractivity contribution in [3.05, 3.63) is 53.6 Å². The molecule has 0 radical (unpaired) electrons. The van der Waals surface area contributed by atoms with Crippen LogP contribution in [0, 0.1) is 0 Å². The summed E-state index contributed by atoms with van der Waals surface area (Å²) in [5.41, 5.74) is 3.01. The van der Waals surface area contributed by atoms with E-state index in [0.29, 0.717) is 29.8 Å². The number of carbonyl (C=O) groups excluding carboxylic acids is 1. The van der Waals surface area contributed by atoms with Crippen molar-refractivity contribution in [2.24, 2.45) is 0 Å². The second-order valence-electron chi connectivity index (χ2n) is 6.89. The fourth-order valence-electron chi connectivity index (χ4n) is 2.82. The zero-order valence-electron chi connectivity index (χ0n) is 17.0. The second kappa shape index (κ2) is 9.18. The number of rotatable bonds is 8. The van der Waals surface area contributed by atoms with E-state index in [9.17, 15) is 4.79 Å². The smallest absolute Gasteiger partial charge is 0.243 e. The lowest BCUT2D eigenvalue weighted by Crippen LogP contribution is -2.28. The molecule has 0 saturated carbocycles. The van der Waals surface area contributed by atoms with Gasteiger partial charge in [-0.05, 0) is 34.4 Å². The molecule has 0 aliphatic heterocycles. The summed E-state index contributed by atoms with van der Waals surface area (Å²) in [5, 5.41) is 15.2. The van der Waals surface area contributed by atoms with Crippen LogP contribution in [0.2, 0.25) is 0 Å². The summed E-state index contributed by atoms with van der Waals surface area (Å²) in [6.07, 6.45) is 0. The van der Waals surface area contributed by atoms with E-state index in [2.05, 4.69) is 46.7 Å². The van der Waals surface area contributed by atoms with Crippen LogP contribution >= 0.6 is 0 Å². The van der Waals surface area contributed by atoms with Gasteiger partial charge in [-0.3, -0.25) is 4.79 Å². The molecule has 3 rings (SSSR count). The molecule has 1 amide bonds. The van der Waals surface area contributed by atoms with Crippen molar-refractivity contribution >= 4 is 5.91 Å². The molecule has 0 aliphatic rings. The van der Waals surface area contributed by atoms with Gasteiger partial charge in [0.2, 0.25) is 11.7 Å². The Morgan fingerprint density at radius 2 is 1.79 bits per heavy atom. The minimum absolute atomic E-state index is 0.00956. The van der Waals surface area contributed by atoms with Crippen LogP contribution in [0.15, 0.2) is 42.5 Å². The SMILES string of the molecule is COc1ccc(CNC(=O)Cn2nnc(-c3ccc(C(C)C)cc3)n2)cc1OC. The Labute approximate surface area is 169 Å². The number of ether oxygens (including phenoxy) is 2. The maximum atomic E-state index is 12.2. The lowest BCUT2D eigenvalue weighted by Gasteiger charge is -2.10. The first kappa shape index (κ1) is 20.3. The van der Waals surface area contributed by atoms with Gasteiger partial charge in [0.1, 0.15) is 6.54 Å². The maximum absolute atomic E-state index is 12.2. The van der Waals surface area contributed by atoms with Gasteiger partial charge in [-0.2, -0.15) is 4.80 Å². The number of carbonyl (C=O) groups is 1. The molecule has 0 aliphatic carbocycles. The summed E-state index contributed by atoms with van der Waals surface area (Å²) in [7, 11) is 3.15. The lowest BCUT2D eigenvalue weighted by molar-refractivity contribution is -0.122. The first-order chi connectivity index (χ1) is 14.0. The van der Waals surface area contributed by atoms with E-state index in [4.69, 9.17) is 9.47 Å². The van der Waals surface area contributed by atoms with Crippen LogP contribution in [0.25, 0.3) is 11.4 Å². The predicted molar refractivity (Wildman–Crippen MR) is 109 cm³/mol. The van der Waals surface area contributed by atoms with Crippen molar-refractivity contribution in [1.82, 2.24) is 25.5 Å². The summed E-state index contributed by atoms with van der Waals surface area (Å²) in [6, 6.07) is 13.5. The molecule has 29 heavy (non-hydrogen) atoms. The molecule has 1 N–H and O–H groups in total. The molecule has 0 bridgehead atoms. The van der Waals surface area contributed by atoms with E-state index >= 15 is 0 Å². The molecular weight excluding hydrogens is 370 g/mol. The zero-order valence-corrected chi connectivity index (χ0v) is 17.0. The van der Waals surface area contributed by atoms with Crippen LogP contribution in [-0.2, 0) is 17.9 Å². The Balaban J connectivity index is 1.57. The molecule has 0 fully saturated rings. The highest BCUT2D eigenvalue weighted by Crippen LogP contribution is 2.27. The first-order valence-electron chi connectivity index (χ1n) is 9.36. The Morgan fingerprint density at radius 3 is 2.45 bits per heavy atom. The minimum atomic E-state index is -0.209. The highest BCUT2D eigenvalue weighted by atomic mass is 16.5. The van der Waals surface area contributed by atoms with E-state index in [-0.39, 0.29) is 12.5 Å². The highest BCUT2D eigenvalue weighted by Gasteiger charge is 2.11. The molecule has 2 aromatic carbocycles. The van der Waals surface area contributed by atoms with Crippen LogP contribution in [-0.4, -0.2) is 40.3 Å². The number of benzene rings is 2. The van der Waals surface area contributed by atoms with Crippen LogP contribution in [0.1, 0.15) is 30.9 Å². The predicted octanol–water partition coefficient (Wildman–Crippen LogP) is 2.80. The number of amides is 1. The molecule has 1 heterocycles. The summed E-state index contributed by atoms with van der Waals surface area (Å²) in [6.45, 7) is 4.64. The lowest BCUT2D eigenvalue weighted by atomic mass is 10.0. The fraction of sp³-hybridized carbons (Fsp3) is 0.333. The third-order valence-corrected chi connectivity index (χ3v) is 4.51. The molecule has 0 atom stereocenters. The Morgan fingerprint density at radius 1 is 1.07 bits per heavy atom. The highest BCUT2D eigenvalue weighted by molar-refractivity contribution is 5.75. The summed E-state index contributed by atoms with van der Waals surface area (Å²) >= 11 is 0. The molecule has 0 unspecified atom stereocenters. The van der Waals surface area contributed by atoms with E-state index in [1.807, 2.05) is 24.3 Å². The molecule has 8 heteroatoms. The van der Waals surface area contributed by atoms with Gasteiger partial charge < -0.3 is 14.8 Å². The molecular formula is C21H25N5O3. The van der Waals surface area contributed by atoms with Gasteiger partial charge in [0.25, 0.3) is 0 Å². The number of methoxy groups -OCH3 is 2. The summed E-state index contributed by atoms with van der Waals surface area (Å²) in [4.78, 5) is 13.5. The number of hydrogen-bond acceptors (Lipinski definition) is 6. The normalized spacial score (nSPS) is 10.8. The van der Waals surface area contributed by atoms with E-state index in [0.717, 1.165) is 11.1 Å². The number of hydrogen-bond donors (Lipinski definition) is 1. The molecule has 8 nitrogen and oxygen atoms in total. The van der Waals surface area contributed by atoms with Crippen LogP contribution in [0.3, 0.4) is 0 Å². The van der Waals surface area contributed by atoms with Crippen LogP contribution < -0.4 is 14.8 Å². The van der Waals surface area contributed by atoms with Crippen molar-refractivity contribution in [3.63, 3.8) is 0 Å². The number of nitrogens with zero attached hydrogens (tertiary/aromatic N) is 4. The standard InChI is InChI=1S/C21H25N5O3/c1-14(2)16-6-8-17(9-7-16)21-23-25-26(24-21)13-20(27)22-12-15-5-10-18(28-3)19(11-15)29-4/h5-11,14H,12-13H2,1-4H3,(H,22,27). The topological polar surface area (TPSA) is 91.2 Å². The van der Waals surface area contributed by atoms with Crippen molar-refractivity contribution in [2.75, 3.05) is 14.2 Å². The van der Waals surface area contributed by atoms with Crippen molar-refractivity contribution in [2.45, 2.75) is 32.9 Å². The van der Waals surface area contributed by atoms with Crippen molar-refractivity contribution in [3.8, 4) is 22.9 Å². The second-order valence-corrected chi connectivity index (χ2v) is 6.89. The number of tetrazole rings is 1. The maximum Gasteiger partial charge on any atom is 0.243 e. The average Bonchev–Trinajstić information content (AvgIpc) is 3.20. The average molecular weight is 395 g/mol. The summed E-state index contributed by atoms with van der Waals surface area (Å²) in [5.74, 6) is 2.00. The van der Waals surface area contributed by atoms with Gasteiger partial charge in [0, 0.05) is 12.1 Å². The van der Waals surface area contributed by atoms with Gasteiger partial charge in [0.05, 0.1) is 14.2 Å². The fourth-order valence-corrected chi connectivity index (χ4v) is 2.82. The Hall–Kier alpha value is -3.42. The molecule has 0 saturated heterocycles. The first-order valence-corrected chi connectivity index (χ1v) is 9.36. The van der Waals surface area contributed by atoms with Crippen LogP contribution in [0.4, 0.5) is 0 Å². The monoisotopic (exact) mass is 395 g/mol. The van der Waals surface area contributed by atoms with E-state index in [1.54, 1.807) is 20.3 Å². The molecule has 0 spiro atoms. The van der Waals surface area contributed by atoms with Gasteiger partial charge in [-0.25, -0.2) is 0 Å². The molecule has 152 valence electrons. The third-order valence-electron chi connectivity index (χ3n) is 4.51. The zero-order chi connectivity index (χ0) is 20.8. The summed E-state index contributed by atoms with van der Waals surface area (Å²) < 4.78 is 10.5.